The van der Waals surface area contributed by atoms with Crippen molar-refractivity contribution in [1.82, 2.24) is 4.90 Å². The van der Waals surface area contributed by atoms with Gasteiger partial charge in [-0.15, -0.1) is 0 Å². The molecule has 0 saturated carbocycles. The molecule has 0 fully saturated rings. The van der Waals surface area contributed by atoms with E-state index in [4.69, 9.17) is 0 Å². The standard InChI is InChI=1S/C13H17N4O2S.3C6H5.Sn/c1-4-17(5-2)13(10-15-14)16-20(18,19)12-8-6-11(3)7-9-12;3*1-2-4-6-5-3-1;/h6-9H,4-5H2,1-3H3;3*1-5H;/b16-13-;;;;. The molecule has 8 heteroatoms. The molecular formula is C31H32N4O2SSn. The van der Waals surface area contributed by atoms with E-state index in [-0.39, 0.29) is 10.7 Å². The van der Waals surface area contributed by atoms with Crippen LogP contribution in [0.2, 0.25) is 0 Å². The van der Waals surface area contributed by atoms with Crippen LogP contribution in [0.1, 0.15) is 19.4 Å². The molecule has 4 rings (SSSR count). The Morgan fingerprint density at radius 2 is 1.15 bits per heavy atom. The third-order valence-electron chi connectivity index (χ3n) is 6.88. The molecule has 4 aromatic rings. The number of nitrogens with zero attached hydrogens (tertiary/aromatic N) is 4. The average Bonchev–Trinajstić information content (AvgIpc) is 2.97. The van der Waals surface area contributed by atoms with E-state index in [1.165, 1.54) is 0 Å². The van der Waals surface area contributed by atoms with E-state index in [1.807, 2.05) is 80.3 Å². The van der Waals surface area contributed by atoms with Crippen molar-refractivity contribution in [2.75, 3.05) is 13.1 Å². The number of benzene rings is 4. The fourth-order valence-corrected chi connectivity index (χ4v) is 19.3. The van der Waals surface area contributed by atoms with Gasteiger partial charge in [-0.05, 0) is 0 Å². The normalized spacial score (nSPS) is 12.0. The Bertz CT molecular complexity index is 1480. The number of amidine groups is 1. The molecule has 0 spiro atoms. The summed E-state index contributed by atoms with van der Waals surface area (Å²) in [6.45, 7) is 6.75. The van der Waals surface area contributed by atoms with Crippen LogP contribution in [0.15, 0.2) is 125 Å². The molecule has 0 unspecified atom stereocenters. The molecule has 0 radical (unpaired) electrons. The van der Waals surface area contributed by atoms with Crippen LogP contribution < -0.4 is 10.7 Å². The first-order chi connectivity index (χ1) is 18.9. The summed E-state index contributed by atoms with van der Waals surface area (Å²) in [6.07, 6.45) is 0. The van der Waals surface area contributed by atoms with Gasteiger partial charge in [0.15, 0.2) is 0 Å². The fraction of sp³-hybridized carbons (Fsp3) is 0.161. The molecule has 6 nitrogen and oxygen atoms in total. The van der Waals surface area contributed by atoms with Crippen molar-refractivity contribution < 1.29 is 13.2 Å². The second kappa shape index (κ2) is 12.6. The van der Waals surface area contributed by atoms with Crippen molar-refractivity contribution in [2.45, 2.75) is 25.7 Å². The van der Waals surface area contributed by atoms with Crippen LogP contribution in [0.25, 0.3) is 5.53 Å². The fourth-order valence-electron chi connectivity index (χ4n) is 4.91. The predicted molar refractivity (Wildman–Crippen MR) is 161 cm³/mol. The van der Waals surface area contributed by atoms with Crippen LogP contribution in [-0.4, -0.2) is 59.1 Å². The van der Waals surface area contributed by atoms with Gasteiger partial charge in [0.1, 0.15) is 0 Å². The van der Waals surface area contributed by atoms with Crippen LogP contribution in [0.5, 0.6) is 0 Å². The molecule has 0 aromatic heterocycles. The molecule has 0 atom stereocenters. The van der Waals surface area contributed by atoms with E-state index in [0.29, 0.717) is 16.8 Å². The van der Waals surface area contributed by atoms with Crippen molar-refractivity contribution in [3.8, 4) is 0 Å². The predicted octanol–water partition coefficient (Wildman–Crippen LogP) is 3.80. The zero-order valence-electron chi connectivity index (χ0n) is 22.4. The summed E-state index contributed by atoms with van der Waals surface area (Å²) in [5.41, 5.74) is 11.8. The first-order valence-electron chi connectivity index (χ1n) is 12.9. The summed E-state index contributed by atoms with van der Waals surface area (Å²) in [7, 11) is -4.12. The summed E-state index contributed by atoms with van der Waals surface area (Å²) >= 11 is -4.47. The van der Waals surface area contributed by atoms with Crippen LogP contribution in [0.3, 0.4) is 0 Å². The molecule has 0 N–H and O–H groups in total. The maximum atomic E-state index is 13.7. The van der Waals surface area contributed by atoms with Gasteiger partial charge in [0.05, 0.1) is 0 Å². The third kappa shape index (κ3) is 5.76. The van der Waals surface area contributed by atoms with Gasteiger partial charge in [-0.2, -0.15) is 0 Å². The van der Waals surface area contributed by atoms with Crippen molar-refractivity contribution in [3.05, 3.63) is 126 Å². The van der Waals surface area contributed by atoms with Crippen LogP contribution in [0.4, 0.5) is 0 Å². The number of hydrogen-bond acceptors (Lipinski definition) is 2. The van der Waals surface area contributed by atoms with Crippen molar-refractivity contribution in [2.24, 2.45) is 4.40 Å². The van der Waals surface area contributed by atoms with Gasteiger partial charge in [0.2, 0.25) is 0 Å². The molecule has 39 heavy (non-hydrogen) atoms. The minimum absolute atomic E-state index is 0.0926. The second-order valence-corrected chi connectivity index (χ2v) is 21.4. The Morgan fingerprint density at radius 1 is 0.744 bits per heavy atom. The second-order valence-electron chi connectivity index (χ2n) is 9.17. The van der Waals surface area contributed by atoms with Crippen molar-refractivity contribution in [1.29, 1.82) is 0 Å². The average molecular weight is 643 g/mol. The number of aryl methyl sites for hydroxylation is 1. The molecule has 198 valence electrons. The first-order valence-corrected chi connectivity index (χ1v) is 20.1. The summed E-state index contributed by atoms with van der Waals surface area (Å²) in [6, 6.07) is 36.6. The summed E-state index contributed by atoms with van der Waals surface area (Å²) < 4.78 is 35.3. The van der Waals surface area contributed by atoms with E-state index in [0.717, 1.165) is 16.3 Å². The number of sulfonamides is 1. The molecule has 0 amide bonds. The van der Waals surface area contributed by atoms with Crippen LogP contribution in [0, 0.1) is 6.92 Å². The maximum absolute atomic E-state index is 13.7. The summed E-state index contributed by atoms with van der Waals surface area (Å²) in [5.74, 6) is 0.176. The minimum atomic E-state index is -4.47. The first kappa shape index (κ1) is 28.5. The van der Waals surface area contributed by atoms with Gasteiger partial charge >= 0.3 is 236 Å². The van der Waals surface area contributed by atoms with Crippen molar-refractivity contribution >= 4 is 48.7 Å². The van der Waals surface area contributed by atoms with Gasteiger partial charge < -0.3 is 0 Å². The molecule has 0 aliphatic heterocycles. The van der Waals surface area contributed by atoms with E-state index in [9.17, 15) is 13.9 Å². The summed E-state index contributed by atoms with van der Waals surface area (Å²) in [5, 5.41) is 0. The van der Waals surface area contributed by atoms with Gasteiger partial charge in [0, 0.05) is 0 Å². The Balaban J connectivity index is 2.13. The molecule has 0 aliphatic carbocycles. The van der Waals surface area contributed by atoms with Crippen LogP contribution in [-0.2, 0) is 10.0 Å². The third-order valence-corrected chi connectivity index (χ3v) is 21.4. The molecule has 4 aromatic carbocycles. The topological polar surface area (TPSA) is 86.1 Å². The monoisotopic (exact) mass is 644 g/mol. The number of hydrogen-bond donors (Lipinski definition) is 0. The molecule has 0 saturated heterocycles. The van der Waals surface area contributed by atoms with E-state index >= 15 is 0 Å². The Morgan fingerprint density at radius 3 is 1.51 bits per heavy atom. The van der Waals surface area contributed by atoms with Gasteiger partial charge in [-0.25, -0.2) is 0 Å². The van der Waals surface area contributed by atoms with Crippen LogP contribution >= 0.6 is 0 Å². The Hall–Kier alpha value is -3.52. The molecule has 0 bridgehead atoms. The Kier molecular flexibility index (Phi) is 9.17. The summed E-state index contributed by atoms with van der Waals surface area (Å²) in [4.78, 5) is 5.93. The number of rotatable bonds is 9. The quantitative estimate of drug-likeness (QED) is 0.0915. The van der Waals surface area contributed by atoms with Gasteiger partial charge in [-0.1, -0.05) is 0 Å². The van der Waals surface area contributed by atoms with Crippen molar-refractivity contribution in [3.63, 3.8) is 0 Å². The van der Waals surface area contributed by atoms with E-state index < -0.39 is 28.4 Å². The zero-order chi connectivity index (χ0) is 27.9. The zero-order valence-corrected chi connectivity index (χ0v) is 26.1. The van der Waals surface area contributed by atoms with Gasteiger partial charge in [-0.3, -0.25) is 0 Å². The molecule has 0 heterocycles. The SMILES string of the molecule is CCN(CC)/C(=N\S(=O)(=O)c1ccc(C)cc1)[C](=[N+]=[N-])[Sn]([c]1ccccc1)([c]1ccccc1)[c]1ccccc1. The Labute approximate surface area is 235 Å². The molecular weight excluding hydrogens is 611 g/mol. The van der Waals surface area contributed by atoms with E-state index in [2.05, 4.69) is 45.6 Å². The van der Waals surface area contributed by atoms with E-state index in [1.54, 1.807) is 24.3 Å². The van der Waals surface area contributed by atoms with Gasteiger partial charge in [0.25, 0.3) is 0 Å². The molecule has 0 aliphatic rings.